The Morgan fingerprint density at radius 2 is 2.28 bits per heavy atom. The van der Waals surface area contributed by atoms with Gasteiger partial charge in [-0.2, -0.15) is 0 Å². The molecule has 1 saturated carbocycles. The molecule has 1 aliphatic rings. The lowest BCUT2D eigenvalue weighted by atomic mass is 10.0. The van der Waals surface area contributed by atoms with E-state index in [1.54, 1.807) is 0 Å². The summed E-state index contributed by atoms with van der Waals surface area (Å²) in [7, 11) is 0. The molecule has 4 nitrogen and oxygen atoms in total. The number of hydrogen-bond acceptors (Lipinski definition) is 3. The molecule has 0 aliphatic heterocycles. The Kier molecular flexibility index (Phi) is 3.80. The fraction of sp³-hybridized carbons (Fsp3) is 0.462. The van der Waals surface area contributed by atoms with Crippen LogP contribution in [0.1, 0.15) is 24.8 Å². The van der Waals surface area contributed by atoms with Crippen molar-refractivity contribution in [3.8, 4) is 0 Å². The van der Waals surface area contributed by atoms with Crippen LogP contribution in [0, 0.1) is 12.3 Å². The van der Waals surface area contributed by atoms with Gasteiger partial charge in [0.25, 0.3) is 0 Å². The molecule has 2 rings (SSSR count). The molecule has 0 bridgehead atoms. The highest BCUT2D eigenvalue weighted by molar-refractivity contribution is 9.10. The van der Waals surface area contributed by atoms with Crippen LogP contribution in [0.15, 0.2) is 27.8 Å². The molecule has 0 unspecified atom stereocenters. The topological polar surface area (TPSA) is 70.6 Å². The van der Waals surface area contributed by atoms with E-state index in [9.17, 15) is 0 Å². The van der Waals surface area contributed by atoms with Crippen LogP contribution in [0.5, 0.6) is 0 Å². The zero-order chi connectivity index (χ0) is 13.2. The van der Waals surface area contributed by atoms with Crippen molar-refractivity contribution >= 4 is 27.5 Å². The summed E-state index contributed by atoms with van der Waals surface area (Å²) >= 11 is 3.55. The normalized spacial score (nSPS) is 17.6. The fourth-order valence-electron chi connectivity index (χ4n) is 2.06. The number of nitrogens with zero attached hydrogens (tertiary/aromatic N) is 1. The summed E-state index contributed by atoms with van der Waals surface area (Å²) < 4.78 is 1.07. The Morgan fingerprint density at radius 1 is 1.56 bits per heavy atom. The molecule has 1 fully saturated rings. The number of hydrogen-bond donors (Lipinski definition) is 3. The maximum absolute atomic E-state index is 8.62. The summed E-state index contributed by atoms with van der Waals surface area (Å²) in [5.41, 5.74) is 8.06. The first-order valence-corrected chi connectivity index (χ1v) is 6.80. The summed E-state index contributed by atoms with van der Waals surface area (Å²) in [5, 5.41) is 15.1. The number of halogens is 1. The van der Waals surface area contributed by atoms with Crippen molar-refractivity contribution in [2.24, 2.45) is 16.3 Å². The lowest BCUT2D eigenvalue weighted by molar-refractivity contribution is 0.315. The van der Waals surface area contributed by atoms with Crippen LogP contribution < -0.4 is 11.1 Å². The highest BCUT2D eigenvalue weighted by Gasteiger charge is 2.43. The fourth-order valence-corrected chi connectivity index (χ4v) is 2.69. The summed E-state index contributed by atoms with van der Waals surface area (Å²) in [6.45, 7) is 2.92. The first-order valence-electron chi connectivity index (χ1n) is 6.01. The predicted octanol–water partition coefficient (Wildman–Crippen LogP) is 3.09. The number of aryl methyl sites for hydroxylation is 1. The van der Waals surface area contributed by atoms with Crippen molar-refractivity contribution in [2.45, 2.75) is 26.2 Å². The summed E-state index contributed by atoms with van der Waals surface area (Å²) in [5.74, 6) is 0.317. The van der Waals surface area contributed by atoms with Crippen LogP contribution in [-0.2, 0) is 0 Å². The van der Waals surface area contributed by atoms with Gasteiger partial charge in [0.05, 0.1) is 0 Å². The molecule has 0 amide bonds. The Labute approximate surface area is 115 Å². The molecule has 0 aromatic heterocycles. The number of anilines is 1. The molecule has 0 saturated heterocycles. The van der Waals surface area contributed by atoms with Crippen LogP contribution >= 0.6 is 15.9 Å². The molecule has 98 valence electrons. The standard InChI is InChI=1S/C13H18BrN3O/c1-9-2-3-11(10(14)6-9)16-8-13(4-5-13)7-12(15)17-18/h2-3,6,16,18H,4-5,7-8H2,1H3,(H2,15,17). The smallest absolute Gasteiger partial charge is 0.139 e. The second-order valence-corrected chi connectivity index (χ2v) is 5.96. The predicted molar refractivity (Wildman–Crippen MR) is 77.1 cm³/mol. The third-order valence-electron chi connectivity index (χ3n) is 3.42. The Balaban J connectivity index is 1.95. The molecule has 4 N–H and O–H groups in total. The van der Waals surface area contributed by atoms with Crippen LogP contribution in [0.2, 0.25) is 0 Å². The first kappa shape index (κ1) is 13.2. The van der Waals surface area contributed by atoms with Gasteiger partial charge in [-0.15, -0.1) is 0 Å². The SMILES string of the molecule is Cc1ccc(NCC2(CC(N)=NO)CC2)c(Br)c1. The quantitative estimate of drug-likeness (QED) is 0.339. The Hall–Kier alpha value is -1.23. The third kappa shape index (κ3) is 3.16. The number of oxime groups is 1. The van der Waals surface area contributed by atoms with Crippen molar-refractivity contribution in [1.29, 1.82) is 0 Å². The minimum atomic E-state index is 0.167. The van der Waals surface area contributed by atoms with Gasteiger partial charge in [0.15, 0.2) is 0 Å². The Bertz CT molecular complexity index is 469. The summed E-state index contributed by atoms with van der Waals surface area (Å²) in [6.07, 6.45) is 2.90. The van der Waals surface area contributed by atoms with Crippen LogP contribution in [0.3, 0.4) is 0 Å². The second-order valence-electron chi connectivity index (χ2n) is 5.10. The maximum Gasteiger partial charge on any atom is 0.139 e. The number of rotatable bonds is 5. The van der Waals surface area contributed by atoms with Gasteiger partial charge in [0, 0.05) is 23.1 Å². The van der Waals surface area contributed by atoms with Crippen molar-refractivity contribution in [3.63, 3.8) is 0 Å². The first-order chi connectivity index (χ1) is 8.54. The number of nitrogens with two attached hydrogens (primary N) is 1. The molecule has 1 aromatic carbocycles. The second kappa shape index (κ2) is 5.18. The zero-order valence-electron chi connectivity index (χ0n) is 10.4. The van der Waals surface area contributed by atoms with E-state index in [2.05, 4.69) is 51.5 Å². The van der Waals surface area contributed by atoms with Crippen molar-refractivity contribution in [1.82, 2.24) is 0 Å². The molecule has 5 heteroatoms. The van der Waals surface area contributed by atoms with E-state index in [1.807, 2.05) is 0 Å². The van der Waals surface area contributed by atoms with E-state index in [4.69, 9.17) is 10.9 Å². The largest absolute Gasteiger partial charge is 0.409 e. The van der Waals surface area contributed by atoms with Crippen molar-refractivity contribution in [3.05, 3.63) is 28.2 Å². The molecular weight excluding hydrogens is 294 g/mol. The summed E-state index contributed by atoms with van der Waals surface area (Å²) in [6, 6.07) is 6.24. The molecule has 0 heterocycles. The minimum Gasteiger partial charge on any atom is -0.409 e. The molecule has 18 heavy (non-hydrogen) atoms. The average molecular weight is 312 g/mol. The lowest BCUT2D eigenvalue weighted by Crippen LogP contribution is -2.23. The number of benzene rings is 1. The molecular formula is C13H18BrN3O. The van der Waals surface area contributed by atoms with Gasteiger partial charge in [-0.1, -0.05) is 11.2 Å². The maximum atomic E-state index is 8.62. The zero-order valence-corrected chi connectivity index (χ0v) is 12.0. The molecule has 0 radical (unpaired) electrons. The van der Waals surface area contributed by atoms with Crippen LogP contribution in [0.25, 0.3) is 0 Å². The lowest BCUT2D eigenvalue weighted by Gasteiger charge is -2.17. The van der Waals surface area contributed by atoms with E-state index in [0.717, 1.165) is 29.5 Å². The van der Waals surface area contributed by atoms with Crippen LogP contribution in [0.4, 0.5) is 5.69 Å². The van der Waals surface area contributed by atoms with Crippen LogP contribution in [-0.4, -0.2) is 17.6 Å². The van der Waals surface area contributed by atoms with Crippen molar-refractivity contribution < 1.29 is 5.21 Å². The number of nitrogens with one attached hydrogen (secondary N) is 1. The third-order valence-corrected chi connectivity index (χ3v) is 4.08. The van der Waals surface area contributed by atoms with Gasteiger partial charge >= 0.3 is 0 Å². The molecule has 1 aliphatic carbocycles. The molecule has 1 aromatic rings. The van der Waals surface area contributed by atoms with E-state index < -0.39 is 0 Å². The number of amidine groups is 1. The average Bonchev–Trinajstić information content (AvgIpc) is 3.08. The van der Waals surface area contributed by atoms with E-state index in [-0.39, 0.29) is 5.41 Å². The highest BCUT2D eigenvalue weighted by Crippen LogP contribution is 2.48. The minimum absolute atomic E-state index is 0.167. The van der Waals surface area contributed by atoms with E-state index in [0.29, 0.717) is 12.3 Å². The monoisotopic (exact) mass is 311 g/mol. The molecule has 0 spiro atoms. The van der Waals surface area contributed by atoms with E-state index >= 15 is 0 Å². The molecule has 0 atom stereocenters. The van der Waals surface area contributed by atoms with Crippen molar-refractivity contribution in [2.75, 3.05) is 11.9 Å². The van der Waals surface area contributed by atoms with Gasteiger partial charge in [-0.3, -0.25) is 0 Å². The van der Waals surface area contributed by atoms with Gasteiger partial charge in [0.1, 0.15) is 5.84 Å². The van der Waals surface area contributed by atoms with Gasteiger partial charge in [-0.05, 0) is 58.8 Å². The highest BCUT2D eigenvalue weighted by atomic mass is 79.9. The van der Waals surface area contributed by atoms with Gasteiger partial charge in [0.2, 0.25) is 0 Å². The summed E-state index contributed by atoms with van der Waals surface area (Å²) in [4.78, 5) is 0. The van der Waals surface area contributed by atoms with E-state index in [1.165, 1.54) is 5.56 Å². The Morgan fingerprint density at radius 3 is 2.83 bits per heavy atom. The van der Waals surface area contributed by atoms with Gasteiger partial charge in [-0.25, -0.2) is 0 Å². The van der Waals surface area contributed by atoms with Gasteiger partial charge < -0.3 is 16.3 Å².